The Balaban J connectivity index is 1.74. The molecule has 3 rings (SSSR count). The molecular formula is C16H21NO2. The minimum atomic E-state index is -0.600. The van der Waals surface area contributed by atoms with Gasteiger partial charge in [0, 0.05) is 19.6 Å². The van der Waals surface area contributed by atoms with E-state index in [0.717, 1.165) is 25.9 Å². The highest BCUT2D eigenvalue weighted by Crippen LogP contribution is 2.49. The largest absolute Gasteiger partial charge is 0.481 e. The summed E-state index contributed by atoms with van der Waals surface area (Å²) in [4.78, 5) is 13.9. The standard InChI is InChI=1S/C16H21NO2/c18-15(19)14-11-17(10-13-6-2-1-3-7-13)12-16(14)8-4-5-9-16/h1-3,6-7,14H,4-5,8-12H2,(H,18,19). The summed E-state index contributed by atoms with van der Waals surface area (Å²) in [6.07, 6.45) is 4.58. The summed E-state index contributed by atoms with van der Waals surface area (Å²) >= 11 is 0. The first-order valence-corrected chi connectivity index (χ1v) is 7.19. The first-order valence-electron chi connectivity index (χ1n) is 7.19. The van der Waals surface area contributed by atoms with Gasteiger partial charge in [0.25, 0.3) is 0 Å². The Kier molecular flexibility index (Phi) is 3.31. The Hall–Kier alpha value is -1.35. The fourth-order valence-electron chi connectivity index (χ4n) is 3.96. The van der Waals surface area contributed by atoms with Crippen molar-refractivity contribution in [2.75, 3.05) is 13.1 Å². The van der Waals surface area contributed by atoms with Gasteiger partial charge in [-0.15, -0.1) is 0 Å². The number of aliphatic carboxylic acids is 1. The van der Waals surface area contributed by atoms with Crippen LogP contribution in [0.4, 0.5) is 0 Å². The highest BCUT2D eigenvalue weighted by Gasteiger charge is 2.51. The SMILES string of the molecule is O=C(O)C1CN(Cc2ccccc2)CC12CCCC2. The van der Waals surface area contributed by atoms with Crippen LogP contribution in [0.3, 0.4) is 0 Å². The average Bonchev–Trinajstić information content (AvgIpc) is 2.99. The molecule has 2 fully saturated rings. The molecule has 19 heavy (non-hydrogen) atoms. The lowest BCUT2D eigenvalue weighted by Crippen LogP contribution is -2.32. The van der Waals surface area contributed by atoms with Crippen LogP contribution in [0.15, 0.2) is 30.3 Å². The van der Waals surface area contributed by atoms with Crippen molar-refractivity contribution in [2.45, 2.75) is 32.2 Å². The van der Waals surface area contributed by atoms with E-state index >= 15 is 0 Å². The van der Waals surface area contributed by atoms with E-state index in [9.17, 15) is 9.90 Å². The lowest BCUT2D eigenvalue weighted by atomic mass is 9.76. The van der Waals surface area contributed by atoms with Crippen LogP contribution in [0.25, 0.3) is 0 Å². The van der Waals surface area contributed by atoms with Crippen molar-refractivity contribution in [1.29, 1.82) is 0 Å². The summed E-state index contributed by atoms with van der Waals surface area (Å²) < 4.78 is 0. The number of hydrogen-bond acceptors (Lipinski definition) is 2. The average molecular weight is 259 g/mol. The maximum atomic E-state index is 11.5. The third kappa shape index (κ3) is 2.39. The highest BCUT2D eigenvalue weighted by molar-refractivity contribution is 5.72. The summed E-state index contributed by atoms with van der Waals surface area (Å²) in [6, 6.07) is 10.4. The first-order chi connectivity index (χ1) is 9.20. The van der Waals surface area contributed by atoms with Gasteiger partial charge in [0.1, 0.15) is 0 Å². The quantitative estimate of drug-likeness (QED) is 0.907. The van der Waals surface area contributed by atoms with Gasteiger partial charge in [0.15, 0.2) is 0 Å². The summed E-state index contributed by atoms with van der Waals surface area (Å²) in [5, 5.41) is 9.50. The second-order valence-electron chi connectivity index (χ2n) is 6.12. The van der Waals surface area contributed by atoms with E-state index in [4.69, 9.17) is 0 Å². The third-order valence-corrected chi connectivity index (χ3v) is 4.86. The predicted octanol–water partition coefficient (Wildman–Crippen LogP) is 2.76. The van der Waals surface area contributed by atoms with Crippen molar-refractivity contribution in [3.63, 3.8) is 0 Å². The molecule has 1 unspecified atom stereocenters. The number of rotatable bonds is 3. The number of nitrogens with zero attached hydrogens (tertiary/aromatic N) is 1. The zero-order valence-corrected chi connectivity index (χ0v) is 11.2. The van der Waals surface area contributed by atoms with Gasteiger partial charge in [-0.3, -0.25) is 9.69 Å². The van der Waals surface area contributed by atoms with Gasteiger partial charge in [-0.2, -0.15) is 0 Å². The molecule has 0 bridgehead atoms. The molecule has 3 heteroatoms. The summed E-state index contributed by atoms with van der Waals surface area (Å²) in [6.45, 7) is 2.55. The van der Waals surface area contributed by atoms with Crippen molar-refractivity contribution < 1.29 is 9.90 Å². The third-order valence-electron chi connectivity index (χ3n) is 4.86. The van der Waals surface area contributed by atoms with E-state index < -0.39 is 5.97 Å². The fourth-order valence-corrected chi connectivity index (χ4v) is 3.96. The Morgan fingerprint density at radius 1 is 1.26 bits per heavy atom. The smallest absolute Gasteiger partial charge is 0.308 e. The van der Waals surface area contributed by atoms with Crippen molar-refractivity contribution in [3.05, 3.63) is 35.9 Å². The second-order valence-corrected chi connectivity index (χ2v) is 6.12. The van der Waals surface area contributed by atoms with Crippen molar-refractivity contribution in [1.82, 2.24) is 4.90 Å². The molecule has 1 aliphatic carbocycles. The molecule has 1 heterocycles. The molecule has 0 amide bonds. The molecule has 1 saturated heterocycles. The molecule has 1 spiro atoms. The lowest BCUT2D eigenvalue weighted by molar-refractivity contribution is -0.144. The number of benzene rings is 1. The number of hydrogen-bond donors (Lipinski definition) is 1. The molecule has 1 aliphatic heterocycles. The maximum absolute atomic E-state index is 11.5. The van der Waals surface area contributed by atoms with Gasteiger partial charge in [-0.05, 0) is 23.8 Å². The number of carboxylic acid groups (broad SMARTS) is 1. The molecule has 3 nitrogen and oxygen atoms in total. The Morgan fingerprint density at radius 2 is 1.95 bits per heavy atom. The zero-order valence-electron chi connectivity index (χ0n) is 11.2. The van der Waals surface area contributed by atoms with Gasteiger partial charge in [0.05, 0.1) is 5.92 Å². The zero-order chi connectivity index (χ0) is 13.3. The van der Waals surface area contributed by atoms with Gasteiger partial charge in [-0.1, -0.05) is 43.2 Å². The van der Waals surface area contributed by atoms with E-state index in [1.54, 1.807) is 0 Å². The van der Waals surface area contributed by atoms with E-state index in [1.807, 2.05) is 18.2 Å². The summed E-state index contributed by atoms with van der Waals surface area (Å²) in [7, 11) is 0. The van der Waals surface area contributed by atoms with Crippen LogP contribution in [-0.2, 0) is 11.3 Å². The van der Waals surface area contributed by atoms with Crippen LogP contribution >= 0.6 is 0 Å². The molecule has 102 valence electrons. The fraction of sp³-hybridized carbons (Fsp3) is 0.562. The van der Waals surface area contributed by atoms with Gasteiger partial charge in [0.2, 0.25) is 0 Å². The minimum Gasteiger partial charge on any atom is -0.481 e. The second kappa shape index (κ2) is 4.97. The molecule has 0 radical (unpaired) electrons. The minimum absolute atomic E-state index is 0.0562. The van der Waals surface area contributed by atoms with E-state index in [1.165, 1.54) is 18.4 Å². The number of carbonyl (C=O) groups is 1. The Labute approximate surface area is 114 Å². The van der Waals surface area contributed by atoms with E-state index in [2.05, 4.69) is 17.0 Å². The summed E-state index contributed by atoms with van der Waals surface area (Å²) in [5.74, 6) is -0.767. The molecule has 1 N–H and O–H groups in total. The number of likely N-dealkylation sites (tertiary alicyclic amines) is 1. The van der Waals surface area contributed by atoms with Gasteiger partial charge < -0.3 is 5.11 Å². The van der Waals surface area contributed by atoms with Gasteiger partial charge >= 0.3 is 5.97 Å². The molecule has 1 atom stereocenters. The van der Waals surface area contributed by atoms with Crippen LogP contribution < -0.4 is 0 Å². The highest BCUT2D eigenvalue weighted by atomic mass is 16.4. The molecule has 1 aromatic carbocycles. The van der Waals surface area contributed by atoms with Crippen LogP contribution in [0.2, 0.25) is 0 Å². The maximum Gasteiger partial charge on any atom is 0.308 e. The van der Waals surface area contributed by atoms with E-state index in [-0.39, 0.29) is 11.3 Å². The van der Waals surface area contributed by atoms with E-state index in [0.29, 0.717) is 6.54 Å². The molecule has 2 aliphatic rings. The van der Waals surface area contributed by atoms with Crippen molar-refractivity contribution >= 4 is 5.97 Å². The van der Waals surface area contributed by atoms with Gasteiger partial charge in [-0.25, -0.2) is 0 Å². The normalized spacial score (nSPS) is 26.0. The molecule has 1 saturated carbocycles. The Bertz CT molecular complexity index is 451. The van der Waals surface area contributed by atoms with Crippen LogP contribution in [0.5, 0.6) is 0 Å². The molecule has 1 aromatic rings. The molecule has 0 aromatic heterocycles. The van der Waals surface area contributed by atoms with Crippen LogP contribution in [0, 0.1) is 11.3 Å². The predicted molar refractivity (Wildman–Crippen MR) is 73.7 cm³/mol. The Morgan fingerprint density at radius 3 is 2.58 bits per heavy atom. The first kappa shape index (κ1) is 12.7. The van der Waals surface area contributed by atoms with Crippen molar-refractivity contribution in [2.24, 2.45) is 11.3 Å². The topological polar surface area (TPSA) is 40.5 Å². The lowest BCUT2D eigenvalue weighted by Gasteiger charge is -2.27. The van der Waals surface area contributed by atoms with Crippen LogP contribution in [-0.4, -0.2) is 29.1 Å². The number of carboxylic acids is 1. The van der Waals surface area contributed by atoms with Crippen LogP contribution in [0.1, 0.15) is 31.2 Å². The molecular weight excluding hydrogens is 238 g/mol. The van der Waals surface area contributed by atoms with Crippen molar-refractivity contribution in [3.8, 4) is 0 Å². The summed E-state index contributed by atoms with van der Waals surface area (Å²) in [5.41, 5.74) is 1.34. The monoisotopic (exact) mass is 259 g/mol.